The fraction of sp³-hybridized carbons (Fsp3) is 0. The molecule has 0 unspecified atom stereocenters. The lowest BCUT2D eigenvalue weighted by atomic mass is 10.1. The zero-order valence-corrected chi connectivity index (χ0v) is 12.2. The average Bonchev–Trinajstić information content (AvgIpc) is 2.35. The Morgan fingerprint density at radius 1 is 1.22 bits per heavy atom. The molecule has 18 heavy (non-hydrogen) atoms. The lowest BCUT2D eigenvalue weighted by molar-refractivity contribution is 1.47. The molecule has 2 rings (SSSR count). The topological polar surface area (TPSA) is 61.8 Å². The van der Waals surface area contributed by atoms with Gasteiger partial charge < -0.3 is 11.1 Å². The van der Waals surface area contributed by atoms with Crippen molar-refractivity contribution in [3.05, 3.63) is 50.6 Å². The number of anilines is 3. The van der Waals surface area contributed by atoms with E-state index >= 15 is 0 Å². The summed E-state index contributed by atoms with van der Waals surface area (Å²) in [4.78, 5) is 0. The molecular weight excluding hydrogens is 361 g/mol. The maximum absolute atomic E-state index is 8.92. The quantitative estimate of drug-likeness (QED) is 0.618. The van der Waals surface area contributed by atoms with Gasteiger partial charge in [-0.1, -0.05) is 11.6 Å². The molecule has 2 aromatic carbocycles. The van der Waals surface area contributed by atoms with Crippen LogP contribution in [0.25, 0.3) is 0 Å². The molecule has 0 aliphatic rings. The third kappa shape index (κ3) is 2.86. The molecule has 0 aliphatic heterocycles. The van der Waals surface area contributed by atoms with Crippen LogP contribution in [-0.4, -0.2) is 0 Å². The number of rotatable bonds is 2. The first-order valence-electron chi connectivity index (χ1n) is 5.12. The molecular formula is C13H9ClIN3. The van der Waals surface area contributed by atoms with Crippen LogP contribution in [0.5, 0.6) is 0 Å². The zero-order chi connectivity index (χ0) is 13.1. The van der Waals surface area contributed by atoms with E-state index in [1.165, 1.54) is 0 Å². The van der Waals surface area contributed by atoms with Crippen LogP contribution in [0.3, 0.4) is 0 Å². The molecule has 0 saturated heterocycles. The standard InChI is InChI=1S/C13H9ClIN3/c14-11-6-9(15)1-4-13(11)18-10-2-3-12(17)8(5-10)7-16/h1-6,18H,17H2. The van der Waals surface area contributed by atoms with Crippen LogP contribution in [-0.2, 0) is 0 Å². The molecule has 0 amide bonds. The average molecular weight is 370 g/mol. The molecule has 0 radical (unpaired) electrons. The van der Waals surface area contributed by atoms with Gasteiger partial charge in [0.05, 0.1) is 16.3 Å². The van der Waals surface area contributed by atoms with Crippen molar-refractivity contribution in [2.75, 3.05) is 11.1 Å². The number of hydrogen-bond donors (Lipinski definition) is 2. The van der Waals surface area contributed by atoms with Crippen molar-refractivity contribution in [2.45, 2.75) is 0 Å². The highest BCUT2D eigenvalue weighted by Gasteiger charge is 2.04. The molecule has 0 aromatic heterocycles. The SMILES string of the molecule is N#Cc1cc(Nc2ccc(I)cc2Cl)ccc1N. The monoisotopic (exact) mass is 369 g/mol. The van der Waals surface area contributed by atoms with E-state index < -0.39 is 0 Å². The van der Waals surface area contributed by atoms with Gasteiger partial charge in [-0.25, -0.2) is 0 Å². The number of nitrogen functional groups attached to an aromatic ring is 1. The van der Waals surface area contributed by atoms with Crippen LogP contribution in [0, 0.1) is 14.9 Å². The first-order chi connectivity index (χ1) is 8.60. The number of nitrogens with one attached hydrogen (secondary N) is 1. The van der Waals surface area contributed by atoms with Gasteiger partial charge in [-0.3, -0.25) is 0 Å². The highest BCUT2D eigenvalue weighted by molar-refractivity contribution is 14.1. The zero-order valence-electron chi connectivity index (χ0n) is 9.24. The maximum Gasteiger partial charge on any atom is 0.101 e. The highest BCUT2D eigenvalue weighted by Crippen LogP contribution is 2.28. The van der Waals surface area contributed by atoms with Crippen LogP contribution < -0.4 is 11.1 Å². The summed E-state index contributed by atoms with van der Waals surface area (Å²) in [6, 6.07) is 13.0. The van der Waals surface area contributed by atoms with Crippen molar-refractivity contribution in [2.24, 2.45) is 0 Å². The van der Waals surface area contributed by atoms with Gasteiger partial charge in [0.25, 0.3) is 0 Å². The van der Waals surface area contributed by atoms with Crippen molar-refractivity contribution in [3.63, 3.8) is 0 Å². The van der Waals surface area contributed by atoms with E-state index in [0.717, 1.165) is 14.9 Å². The molecule has 2 aromatic rings. The molecule has 0 fully saturated rings. The van der Waals surface area contributed by atoms with Gasteiger partial charge in [-0.15, -0.1) is 0 Å². The second-order valence-corrected chi connectivity index (χ2v) is 5.32. The number of nitrogens with zero attached hydrogens (tertiary/aromatic N) is 1. The minimum Gasteiger partial charge on any atom is -0.398 e. The van der Waals surface area contributed by atoms with Crippen molar-refractivity contribution in [1.82, 2.24) is 0 Å². The molecule has 0 bridgehead atoms. The number of halogens is 2. The molecule has 0 aliphatic carbocycles. The second-order valence-electron chi connectivity index (χ2n) is 3.66. The number of benzene rings is 2. The van der Waals surface area contributed by atoms with E-state index in [0.29, 0.717) is 16.3 Å². The van der Waals surface area contributed by atoms with Crippen molar-refractivity contribution in [1.29, 1.82) is 5.26 Å². The van der Waals surface area contributed by atoms with Gasteiger partial charge in [-0.05, 0) is 59.0 Å². The van der Waals surface area contributed by atoms with Gasteiger partial charge in [0, 0.05) is 14.9 Å². The minimum atomic E-state index is 0.446. The second kappa shape index (κ2) is 5.46. The molecule has 0 atom stereocenters. The molecule has 3 nitrogen and oxygen atoms in total. The molecule has 0 heterocycles. The number of nitriles is 1. The summed E-state index contributed by atoms with van der Waals surface area (Å²) < 4.78 is 1.07. The Labute approximate surface area is 124 Å². The normalized spacial score (nSPS) is 9.83. The van der Waals surface area contributed by atoms with Gasteiger partial charge in [0.15, 0.2) is 0 Å². The lowest BCUT2D eigenvalue weighted by Crippen LogP contribution is -1.95. The van der Waals surface area contributed by atoms with Gasteiger partial charge in [-0.2, -0.15) is 5.26 Å². The highest BCUT2D eigenvalue weighted by atomic mass is 127. The largest absolute Gasteiger partial charge is 0.398 e. The summed E-state index contributed by atoms with van der Waals surface area (Å²) in [5.74, 6) is 0. The fourth-order valence-electron chi connectivity index (χ4n) is 1.48. The molecule has 3 N–H and O–H groups in total. The van der Waals surface area contributed by atoms with E-state index in [1.54, 1.807) is 12.1 Å². The maximum atomic E-state index is 8.92. The summed E-state index contributed by atoms with van der Waals surface area (Å²) in [7, 11) is 0. The Morgan fingerprint density at radius 3 is 2.67 bits per heavy atom. The van der Waals surface area contributed by atoms with Crippen molar-refractivity contribution < 1.29 is 0 Å². The number of nitrogens with two attached hydrogens (primary N) is 1. The van der Waals surface area contributed by atoms with Gasteiger partial charge >= 0.3 is 0 Å². The van der Waals surface area contributed by atoms with Crippen LogP contribution >= 0.6 is 34.2 Å². The summed E-state index contributed by atoms with van der Waals surface area (Å²) in [6.45, 7) is 0. The Hall–Kier alpha value is -1.45. The van der Waals surface area contributed by atoms with Gasteiger partial charge in [0.1, 0.15) is 6.07 Å². The predicted octanol–water partition coefficient (Wildman–Crippen LogP) is 4.14. The smallest absolute Gasteiger partial charge is 0.101 e. The summed E-state index contributed by atoms with van der Waals surface area (Å²) >= 11 is 8.32. The van der Waals surface area contributed by atoms with Crippen LogP contribution in [0.4, 0.5) is 17.1 Å². The predicted molar refractivity (Wildman–Crippen MR) is 83.0 cm³/mol. The van der Waals surface area contributed by atoms with Crippen LogP contribution in [0.1, 0.15) is 5.56 Å². The summed E-state index contributed by atoms with van der Waals surface area (Å²) in [5, 5.41) is 12.7. The molecule has 0 saturated carbocycles. The first kappa shape index (κ1) is 13.0. The Kier molecular flexibility index (Phi) is 3.94. The van der Waals surface area contributed by atoms with E-state index in [1.807, 2.05) is 30.3 Å². The molecule has 0 spiro atoms. The minimum absolute atomic E-state index is 0.446. The Morgan fingerprint density at radius 2 is 2.00 bits per heavy atom. The third-order valence-electron chi connectivity index (χ3n) is 2.38. The Bertz CT molecular complexity index is 635. The van der Waals surface area contributed by atoms with Gasteiger partial charge in [0.2, 0.25) is 0 Å². The van der Waals surface area contributed by atoms with Crippen molar-refractivity contribution in [3.8, 4) is 6.07 Å². The summed E-state index contributed by atoms with van der Waals surface area (Å²) in [5.41, 5.74) is 8.16. The van der Waals surface area contributed by atoms with Crippen molar-refractivity contribution >= 4 is 51.3 Å². The molecule has 90 valence electrons. The third-order valence-corrected chi connectivity index (χ3v) is 3.37. The van der Waals surface area contributed by atoms with E-state index in [2.05, 4.69) is 27.9 Å². The number of hydrogen-bond acceptors (Lipinski definition) is 3. The van der Waals surface area contributed by atoms with Crippen LogP contribution in [0.15, 0.2) is 36.4 Å². The lowest BCUT2D eigenvalue weighted by Gasteiger charge is -2.09. The molecule has 5 heteroatoms. The fourth-order valence-corrected chi connectivity index (χ4v) is 2.38. The summed E-state index contributed by atoms with van der Waals surface area (Å²) in [6.07, 6.45) is 0. The first-order valence-corrected chi connectivity index (χ1v) is 6.57. The van der Waals surface area contributed by atoms with E-state index in [4.69, 9.17) is 22.6 Å². The Balaban J connectivity index is 2.32. The van der Waals surface area contributed by atoms with E-state index in [9.17, 15) is 0 Å². The van der Waals surface area contributed by atoms with E-state index in [-0.39, 0.29) is 0 Å². The van der Waals surface area contributed by atoms with Crippen LogP contribution in [0.2, 0.25) is 5.02 Å².